The van der Waals surface area contributed by atoms with Crippen molar-refractivity contribution in [3.8, 4) is 5.75 Å². The van der Waals surface area contributed by atoms with Crippen LogP contribution in [0.15, 0.2) is 12.1 Å². The third-order valence-corrected chi connectivity index (χ3v) is 3.22. The Hall–Kier alpha value is -1.08. The Morgan fingerprint density at radius 2 is 2.00 bits per heavy atom. The molecule has 0 amide bonds. The minimum absolute atomic E-state index is 0.0338. The summed E-state index contributed by atoms with van der Waals surface area (Å²) in [4.78, 5) is 10.1. The zero-order chi connectivity index (χ0) is 16.0. The molecule has 21 heavy (non-hydrogen) atoms. The summed E-state index contributed by atoms with van der Waals surface area (Å²) in [7, 11) is 0. The molecule has 0 aliphatic carbocycles. The van der Waals surface area contributed by atoms with E-state index in [0.29, 0.717) is 6.54 Å². The number of nitrogens with zero attached hydrogens (tertiary/aromatic N) is 1. The fraction of sp³-hybridized carbons (Fsp3) is 0.538. The average Bonchev–Trinajstić information content (AvgIpc) is 2.37. The third-order valence-electron chi connectivity index (χ3n) is 2.65. The Morgan fingerprint density at radius 3 is 2.48 bits per heavy atom. The van der Waals surface area contributed by atoms with Gasteiger partial charge in [-0.2, -0.15) is 0 Å². The molecule has 0 aromatic heterocycles. The van der Waals surface area contributed by atoms with E-state index >= 15 is 0 Å². The number of rotatable bonds is 8. The minimum Gasteiger partial charge on any atom is -0.487 e. The second kappa shape index (κ2) is 7.79. The predicted molar refractivity (Wildman–Crippen MR) is 82.4 cm³/mol. The Labute approximate surface area is 133 Å². The third kappa shape index (κ3) is 5.67. The Balaban J connectivity index is 2.73. The van der Waals surface area contributed by atoms with Gasteiger partial charge in [0.2, 0.25) is 0 Å². The molecule has 1 aromatic rings. The fourth-order valence-corrected chi connectivity index (χ4v) is 2.19. The molecule has 1 rings (SSSR count). The van der Waals surface area contributed by atoms with Gasteiger partial charge in [0.05, 0.1) is 15.0 Å². The number of nitro benzene ring substituents is 1. The number of halogens is 2. The summed E-state index contributed by atoms with van der Waals surface area (Å²) in [5.74, 6) is 0.125. The lowest BCUT2D eigenvalue weighted by molar-refractivity contribution is -0.384. The minimum atomic E-state index is -1.11. The van der Waals surface area contributed by atoms with Gasteiger partial charge in [-0.25, -0.2) is 0 Å². The maximum atomic E-state index is 10.7. The smallest absolute Gasteiger partial charge is 0.272 e. The monoisotopic (exact) mass is 336 g/mol. The molecule has 1 aromatic carbocycles. The zero-order valence-electron chi connectivity index (χ0n) is 11.9. The Morgan fingerprint density at radius 1 is 1.43 bits per heavy atom. The molecule has 0 saturated carbocycles. The summed E-state index contributed by atoms with van der Waals surface area (Å²) in [6, 6.07) is 2.32. The largest absolute Gasteiger partial charge is 0.487 e. The molecule has 0 spiro atoms. The van der Waals surface area contributed by atoms with E-state index in [9.17, 15) is 15.2 Å². The van der Waals surface area contributed by atoms with Gasteiger partial charge in [0, 0.05) is 18.7 Å². The van der Waals surface area contributed by atoms with Crippen molar-refractivity contribution in [2.45, 2.75) is 25.9 Å². The molecule has 0 saturated heterocycles. The van der Waals surface area contributed by atoms with E-state index in [2.05, 4.69) is 5.32 Å². The van der Waals surface area contributed by atoms with Gasteiger partial charge in [0.1, 0.15) is 12.2 Å². The van der Waals surface area contributed by atoms with Crippen molar-refractivity contribution in [3.63, 3.8) is 0 Å². The van der Waals surface area contributed by atoms with Crippen LogP contribution in [0.1, 0.15) is 20.3 Å². The molecule has 2 N–H and O–H groups in total. The second-order valence-electron chi connectivity index (χ2n) is 4.96. The Kier molecular flexibility index (Phi) is 6.67. The molecule has 0 fully saturated rings. The van der Waals surface area contributed by atoms with Gasteiger partial charge < -0.3 is 15.2 Å². The van der Waals surface area contributed by atoms with E-state index in [1.165, 1.54) is 0 Å². The molecule has 118 valence electrons. The van der Waals surface area contributed by atoms with Crippen LogP contribution in [0.4, 0.5) is 5.69 Å². The fourth-order valence-electron chi connectivity index (χ4n) is 1.60. The maximum Gasteiger partial charge on any atom is 0.272 e. The van der Waals surface area contributed by atoms with Crippen molar-refractivity contribution in [2.24, 2.45) is 0 Å². The molecule has 1 atom stereocenters. The van der Waals surface area contributed by atoms with Gasteiger partial charge in [-0.05, 0) is 19.9 Å². The van der Waals surface area contributed by atoms with Crippen LogP contribution in [0.25, 0.3) is 0 Å². The van der Waals surface area contributed by atoms with Crippen LogP contribution in [0, 0.1) is 10.1 Å². The zero-order valence-corrected chi connectivity index (χ0v) is 13.4. The van der Waals surface area contributed by atoms with Crippen LogP contribution in [0.3, 0.4) is 0 Å². The highest BCUT2D eigenvalue weighted by atomic mass is 35.5. The van der Waals surface area contributed by atoms with Gasteiger partial charge in [-0.15, -0.1) is 0 Å². The standard InChI is InChI=1S/C13H18Cl2N2O4/c1-3-4-16-7-13(2,18)8-21-12-10(14)5-9(17(19)20)6-11(12)15/h5-6,16,18H,3-4,7-8H2,1-2H3. The molecule has 1 unspecified atom stereocenters. The highest BCUT2D eigenvalue weighted by molar-refractivity contribution is 6.37. The molecule has 0 bridgehead atoms. The number of nitro groups is 1. The van der Waals surface area contributed by atoms with Crippen molar-refractivity contribution in [1.82, 2.24) is 5.32 Å². The normalized spacial score (nSPS) is 13.8. The maximum absolute atomic E-state index is 10.7. The lowest BCUT2D eigenvalue weighted by Crippen LogP contribution is -2.43. The van der Waals surface area contributed by atoms with E-state index in [0.717, 1.165) is 25.1 Å². The summed E-state index contributed by atoms with van der Waals surface area (Å²) in [6.45, 7) is 4.73. The van der Waals surface area contributed by atoms with Crippen LogP contribution < -0.4 is 10.1 Å². The van der Waals surface area contributed by atoms with Gasteiger partial charge in [-0.3, -0.25) is 10.1 Å². The molecule has 0 aliphatic rings. The summed E-state index contributed by atoms with van der Waals surface area (Å²) in [5, 5.41) is 24.0. The average molecular weight is 337 g/mol. The van der Waals surface area contributed by atoms with Crippen LogP contribution in [0.2, 0.25) is 10.0 Å². The van der Waals surface area contributed by atoms with Crippen molar-refractivity contribution >= 4 is 28.9 Å². The van der Waals surface area contributed by atoms with Crippen LogP contribution in [-0.2, 0) is 0 Å². The van der Waals surface area contributed by atoms with Gasteiger partial charge in [0.15, 0.2) is 5.75 Å². The van der Waals surface area contributed by atoms with Crippen LogP contribution >= 0.6 is 23.2 Å². The van der Waals surface area contributed by atoms with E-state index in [1.807, 2.05) is 6.92 Å². The van der Waals surface area contributed by atoms with Crippen LogP contribution in [0.5, 0.6) is 5.75 Å². The van der Waals surface area contributed by atoms with E-state index in [-0.39, 0.29) is 28.1 Å². The lowest BCUT2D eigenvalue weighted by atomic mass is 10.1. The number of aliphatic hydroxyl groups is 1. The number of ether oxygens (including phenoxy) is 1. The molecule has 0 heterocycles. The topological polar surface area (TPSA) is 84.6 Å². The van der Waals surface area contributed by atoms with Crippen LogP contribution in [-0.4, -0.2) is 35.3 Å². The molecule has 0 aliphatic heterocycles. The summed E-state index contributed by atoms with van der Waals surface area (Å²) in [5.41, 5.74) is -1.32. The summed E-state index contributed by atoms with van der Waals surface area (Å²) < 4.78 is 5.42. The predicted octanol–water partition coefficient (Wildman–Crippen LogP) is 3.03. The van der Waals surface area contributed by atoms with Gasteiger partial charge >= 0.3 is 0 Å². The molecular weight excluding hydrogens is 319 g/mol. The highest BCUT2D eigenvalue weighted by Crippen LogP contribution is 2.37. The number of benzene rings is 1. The number of non-ortho nitro benzene ring substituents is 1. The molecular formula is C13H18Cl2N2O4. The summed E-state index contributed by atoms with van der Waals surface area (Å²) in [6.07, 6.45) is 0.955. The van der Waals surface area contributed by atoms with E-state index in [4.69, 9.17) is 27.9 Å². The quantitative estimate of drug-likeness (QED) is 0.433. The molecule has 8 heteroatoms. The van der Waals surface area contributed by atoms with Crippen molar-refractivity contribution < 1.29 is 14.8 Å². The first-order chi connectivity index (χ1) is 9.76. The van der Waals surface area contributed by atoms with Gasteiger partial charge in [0.25, 0.3) is 5.69 Å². The second-order valence-corrected chi connectivity index (χ2v) is 5.77. The number of nitrogens with one attached hydrogen (secondary N) is 1. The first-order valence-electron chi connectivity index (χ1n) is 6.46. The summed E-state index contributed by atoms with van der Waals surface area (Å²) >= 11 is 11.8. The van der Waals surface area contributed by atoms with E-state index < -0.39 is 10.5 Å². The Bertz CT molecular complexity index is 486. The number of hydrogen-bond donors (Lipinski definition) is 2. The van der Waals surface area contributed by atoms with E-state index in [1.54, 1.807) is 6.92 Å². The first kappa shape index (κ1) is 18.0. The molecule has 6 nitrogen and oxygen atoms in total. The lowest BCUT2D eigenvalue weighted by Gasteiger charge is -2.24. The first-order valence-corrected chi connectivity index (χ1v) is 7.22. The van der Waals surface area contributed by atoms with Gasteiger partial charge in [-0.1, -0.05) is 30.1 Å². The van der Waals surface area contributed by atoms with Crippen molar-refractivity contribution in [3.05, 3.63) is 32.3 Å². The number of hydrogen-bond acceptors (Lipinski definition) is 5. The van der Waals surface area contributed by atoms with Crippen molar-refractivity contribution in [2.75, 3.05) is 19.7 Å². The SMILES string of the molecule is CCCNCC(C)(O)COc1c(Cl)cc([N+](=O)[O-])cc1Cl. The van der Waals surface area contributed by atoms with Crippen molar-refractivity contribution in [1.29, 1.82) is 0 Å². The highest BCUT2D eigenvalue weighted by Gasteiger charge is 2.23. The molecule has 0 radical (unpaired) electrons.